The molecule has 2 heterocycles. The van der Waals surface area contributed by atoms with E-state index >= 15 is 0 Å². The number of hydrogen-bond acceptors (Lipinski definition) is 6. The molecule has 0 aliphatic heterocycles. The molecule has 0 saturated carbocycles. The quantitative estimate of drug-likeness (QED) is 0.762. The summed E-state index contributed by atoms with van der Waals surface area (Å²) >= 11 is 5.86. The molecule has 0 saturated heterocycles. The highest BCUT2D eigenvalue weighted by Crippen LogP contribution is 2.21. The van der Waals surface area contributed by atoms with Crippen molar-refractivity contribution in [3.05, 3.63) is 47.0 Å². The van der Waals surface area contributed by atoms with E-state index in [1.807, 2.05) is 6.92 Å². The number of amides is 1. The van der Waals surface area contributed by atoms with Crippen LogP contribution in [0.1, 0.15) is 36.2 Å². The van der Waals surface area contributed by atoms with E-state index in [4.69, 9.17) is 16.1 Å². The second kappa shape index (κ2) is 6.79. The van der Waals surface area contributed by atoms with Gasteiger partial charge in [-0.15, -0.1) is 5.10 Å². The van der Waals surface area contributed by atoms with E-state index in [1.54, 1.807) is 31.2 Å². The monoisotopic (exact) mass is 346 g/mol. The maximum atomic E-state index is 12.3. The van der Waals surface area contributed by atoms with E-state index in [-0.39, 0.29) is 5.91 Å². The number of aromatic nitrogens is 5. The summed E-state index contributed by atoms with van der Waals surface area (Å²) in [7, 11) is 0. The molecule has 0 bridgehead atoms. The second-order valence-electron chi connectivity index (χ2n) is 5.09. The van der Waals surface area contributed by atoms with Crippen LogP contribution in [0, 0.1) is 0 Å². The van der Waals surface area contributed by atoms with Crippen molar-refractivity contribution in [3.8, 4) is 11.5 Å². The molecule has 1 amide bonds. The Bertz CT molecular complexity index is 842. The number of aryl methyl sites for hydroxylation is 1. The van der Waals surface area contributed by atoms with Crippen molar-refractivity contribution >= 4 is 17.5 Å². The van der Waals surface area contributed by atoms with Gasteiger partial charge >= 0.3 is 0 Å². The molecule has 9 heteroatoms. The van der Waals surface area contributed by atoms with Crippen molar-refractivity contribution in [2.45, 2.75) is 26.4 Å². The van der Waals surface area contributed by atoms with Gasteiger partial charge in [0.2, 0.25) is 0 Å². The van der Waals surface area contributed by atoms with Crippen LogP contribution in [0.5, 0.6) is 0 Å². The van der Waals surface area contributed by atoms with E-state index in [0.717, 1.165) is 5.56 Å². The molecule has 0 aliphatic rings. The second-order valence-corrected chi connectivity index (χ2v) is 5.53. The Morgan fingerprint density at radius 1 is 1.38 bits per heavy atom. The maximum absolute atomic E-state index is 12.3. The van der Waals surface area contributed by atoms with Crippen LogP contribution in [-0.2, 0) is 6.54 Å². The topological polar surface area (TPSA) is 98.7 Å². The summed E-state index contributed by atoms with van der Waals surface area (Å²) in [6, 6.07) is 6.63. The van der Waals surface area contributed by atoms with Crippen LogP contribution in [0.3, 0.4) is 0 Å². The summed E-state index contributed by atoms with van der Waals surface area (Å²) in [6.07, 6.45) is 1.42. The lowest BCUT2D eigenvalue weighted by molar-refractivity contribution is 0.0927. The van der Waals surface area contributed by atoms with Gasteiger partial charge in [0.25, 0.3) is 11.8 Å². The van der Waals surface area contributed by atoms with E-state index in [0.29, 0.717) is 29.0 Å². The lowest BCUT2D eigenvalue weighted by Gasteiger charge is -2.09. The Labute approximate surface area is 142 Å². The van der Waals surface area contributed by atoms with Gasteiger partial charge in [-0.25, -0.2) is 4.68 Å². The smallest absolute Gasteiger partial charge is 0.271 e. The summed E-state index contributed by atoms with van der Waals surface area (Å²) in [5.41, 5.74) is 1.13. The minimum atomic E-state index is -0.428. The Morgan fingerprint density at radius 3 is 2.83 bits per heavy atom. The third-order valence-electron chi connectivity index (χ3n) is 3.42. The fourth-order valence-corrected chi connectivity index (χ4v) is 2.25. The van der Waals surface area contributed by atoms with E-state index in [2.05, 4.69) is 25.8 Å². The number of halogens is 1. The first-order valence-corrected chi connectivity index (χ1v) is 7.75. The lowest BCUT2D eigenvalue weighted by Crippen LogP contribution is -2.29. The number of rotatable bonds is 5. The highest BCUT2D eigenvalue weighted by molar-refractivity contribution is 6.30. The summed E-state index contributed by atoms with van der Waals surface area (Å²) < 4.78 is 6.75. The van der Waals surface area contributed by atoms with Crippen molar-refractivity contribution in [2.75, 3.05) is 0 Å². The first-order chi connectivity index (χ1) is 11.6. The molecule has 1 aromatic carbocycles. The Morgan fingerprint density at radius 2 is 2.12 bits per heavy atom. The molecular weight excluding hydrogens is 332 g/mol. The zero-order valence-electron chi connectivity index (χ0n) is 13.1. The molecule has 0 fully saturated rings. The van der Waals surface area contributed by atoms with Crippen molar-refractivity contribution < 1.29 is 9.32 Å². The van der Waals surface area contributed by atoms with Crippen LogP contribution in [0.25, 0.3) is 11.5 Å². The van der Waals surface area contributed by atoms with Gasteiger partial charge in [-0.3, -0.25) is 4.79 Å². The number of benzene rings is 1. The van der Waals surface area contributed by atoms with E-state index < -0.39 is 6.04 Å². The van der Waals surface area contributed by atoms with Gasteiger partial charge < -0.3 is 9.84 Å². The van der Waals surface area contributed by atoms with E-state index in [9.17, 15) is 4.79 Å². The minimum Gasteiger partial charge on any atom is -0.341 e. The third kappa shape index (κ3) is 3.28. The maximum Gasteiger partial charge on any atom is 0.271 e. The zero-order valence-corrected chi connectivity index (χ0v) is 13.9. The largest absolute Gasteiger partial charge is 0.341 e. The van der Waals surface area contributed by atoms with Crippen molar-refractivity contribution in [3.63, 3.8) is 0 Å². The molecule has 3 aromatic rings. The molecule has 2 aromatic heterocycles. The van der Waals surface area contributed by atoms with Gasteiger partial charge in [-0.1, -0.05) is 22.0 Å². The van der Waals surface area contributed by atoms with Crippen molar-refractivity contribution in [1.82, 2.24) is 30.5 Å². The SMILES string of the molecule is CCn1nncc1C(=O)NC(C)c1noc(-c2ccc(Cl)cc2)n1. The van der Waals surface area contributed by atoms with Crippen LogP contribution in [0.4, 0.5) is 0 Å². The predicted octanol–water partition coefficient (Wildman–Crippen LogP) is 2.49. The van der Waals surface area contributed by atoms with Gasteiger partial charge in [0.1, 0.15) is 5.69 Å². The van der Waals surface area contributed by atoms with Crippen LogP contribution in [0.15, 0.2) is 35.0 Å². The molecule has 3 rings (SSSR count). The van der Waals surface area contributed by atoms with Crippen LogP contribution in [-0.4, -0.2) is 31.0 Å². The molecule has 1 atom stereocenters. The lowest BCUT2D eigenvalue weighted by atomic mass is 10.2. The van der Waals surface area contributed by atoms with Crippen LogP contribution in [0.2, 0.25) is 5.02 Å². The van der Waals surface area contributed by atoms with Gasteiger partial charge in [-0.05, 0) is 38.1 Å². The third-order valence-corrected chi connectivity index (χ3v) is 3.67. The molecule has 8 nitrogen and oxygen atoms in total. The van der Waals surface area contributed by atoms with E-state index in [1.165, 1.54) is 10.9 Å². The first kappa shape index (κ1) is 16.1. The van der Waals surface area contributed by atoms with Gasteiger partial charge in [-0.2, -0.15) is 4.98 Å². The molecule has 0 spiro atoms. The molecule has 1 N–H and O–H groups in total. The summed E-state index contributed by atoms with van der Waals surface area (Å²) in [6.45, 7) is 4.21. The van der Waals surface area contributed by atoms with Crippen LogP contribution < -0.4 is 5.32 Å². The molecule has 124 valence electrons. The predicted molar refractivity (Wildman–Crippen MR) is 86.3 cm³/mol. The summed E-state index contributed by atoms with van der Waals surface area (Å²) in [4.78, 5) is 16.6. The average Bonchev–Trinajstić information content (AvgIpc) is 3.24. The summed E-state index contributed by atoms with van der Waals surface area (Å²) in [5, 5.41) is 14.9. The average molecular weight is 347 g/mol. The van der Waals surface area contributed by atoms with Crippen LogP contribution >= 0.6 is 11.6 Å². The van der Waals surface area contributed by atoms with Crippen molar-refractivity contribution in [2.24, 2.45) is 0 Å². The zero-order chi connectivity index (χ0) is 17.1. The van der Waals surface area contributed by atoms with Gasteiger partial charge in [0.15, 0.2) is 5.82 Å². The van der Waals surface area contributed by atoms with Crippen molar-refractivity contribution in [1.29, 1.82) is 0 Å². The number of nitrogens with one attached hydrogen (secondary N) is 1. The minimum absolute atomic E-state index is 0.299. The van der Waals surface area contributed by atoms with Gasteiger partial charge in [0, 0.05) is 17.1 Å². The number of nitrogens with zero attached hydrogens (tertiary/aromatic N) is 5. The molecular formula is C15H15ClN6O2. The molecule has 0 aliphatic carbocycles. The number of carbonyl (C=O) groups is 1. The molecule has 1 unspecified atom stereocenters. The highest BCUT2D eigenvalue weighted by atomic mass is 35.5. The summed E-state index contributed by atoms with van der Waals surface area (Å²) in [5.74, 6) is 0.444. The Hall–Kier alpha value is -2.74. The molecule has 0 radical (unpaired) electrons. The number of hydrogen-bond donors (Lipinski definition) is 1. The van der Waals surface area contributed by atoms with Gasteiger partial charge in [0.05, 0.1) is 12.2 Å². The molecule has 24 heavy (non-hydrogen) atoms. The Kier molecular flexibility index (Phi) is 4.57. The fraction of sp³-hybridized carbons (Fsp3) is 0.267. The first-order valence-electron chi connectivity index (χ1n) is 7.37. The highest BCUT2D eigenvalue weighted by Gasteiger charge is 2.20. The normalized spacial score (nSPS) is 12.1. The fourth-order valence-electron chi connectivity index (χ4n) is 2.12. The number of carbonyl (C=O) groups excluding carboxylic acids is 1. The standard InChI is InChI=1S/C15H15ClN6O2/c1-3-22-12(8-17-21-22)14(23)18-9(2)13-19-15(24-20-13)10-4-6-11(16)7-5-10/h4-9H,3H2,1-2H3,(H,18,23). The Balaban J connectivity index is 1.73.